The number of hydrogen-bond acceptors (Lipinski definition) is 1. The van der Waals surface area contributed by atoms with Crippen molar-refractivity contribution >= 4 is 27.5 Å². The number of rotatable bonds is 5. The van der Waals surface area contributed by atoms with Crippen molar-refractivity contribution in [1.82, 2.24) is 5.32 Å². The fourth-order valence-corrected chi connectivity index (χ4v) is 3.03. The topological polar surface area (TPSA) is 12.0 Å². The normalized spacial score (nSPS) is 12.4. The van der Waals surface area contributed by atoms with Crippen LogP contribution in [0.25, 0.3) is 0 Å². The molecule has 0 bridgehead atoms. The average Bonchev–Trinajstić information content (AvgIpc) is 2.44. The highest BCUT2D eigenvalue weighted by molar-refractivity contribution is 9.10. The summed E-state index contributed by atoms with van der Waals surface area (Å²) in [5.41, 5.74) is 2.03. The maximum absolute atomic E-state index is 13.6. The van der Waals surface area contributed by atoms with Gasteiger partial charge in [0.05, 0.1) is 4.47 Å². The van der Waals surface area contributed by atoms with E-state index in [9.17, 15) is 4.39 Å². The summed E-state index contributed by atoms with van der Waals surface area (Å²) in [7, 11) is 1.91. The van der Waals surface area contributed by atoms with E-state index in [1.165, 1.54) is 6.07 Å². The highest BCUT2D eigenvalue weighted by atomic mass is 79.9. The van der Waals surface area contributed by atoms with Gasteiger partial charge in [0, 0.05) is 17.5 Å². The van der Waals surface area contributed by atoms with E-state index < -0.39 is 0 Å². The molecule has 0 heterocycles. The van der Waals surface area contributed by atoms with Crippen LogP contribution >= 0.6 is 27.5 Å². The molecule has 0 saturated carbocycles. The van der Waals surface area contributed by atoms with Gasteiger partial charge in [0.15, 0.2) is 0 Å². The Morgan fingerprint density at radius 3 is 2.65 bits per heavy atom. The summed E-state index contributed by atoms with van der Waals surface area (Å²) in [5.74, 6) is -0.0309. The molecule has 2 aromatic carbocycles. The summed E-state index contributed by atoms with van der Waals surface area (Å²) in [6.07, 6.45) is 0.725. The quantitative estimate of drug-likeness (QED) is 0.812. The molecule has 4 heteroatoms. The van der Waals surface area contributed by atoms with Crippen molar-refractivity contribution in [1.29, 1.82) is 0 Å². The zero-order chi connectivity index (χ0) is 14.5. The average molecular weight is 357 g/mol. The van der Waals surface area contributed by atoms with E-state index in [0.29, 0.717) is 4.47 Å². The van der Waals surface area contributed by atoms with Crippen LogP contribution in [0.5, 0.6) is 0 Å². The molecule has 1 atom stereocenters. The van der Waals surface area contributed by atoms with Gasteiger partial charge in [0.1, 0.15) is 5.82 Å². The molecule has 2 rings (SSSR count). The third kappa shape index (κ3) is 3.60. The summed E-state index contributed by atoms with van der Waals surface area (Å²) in [6.45, 7) is 0.784. The van der Waals surface area contributed by atoms with Gasteiger partial charge in [-0.1, -0.05) is 41.9 Å². The molecule has 0 aliphatic rings. The lowest BCUT2D eigenvalue weighted by Gasteiger charge is -2.19. The fourth-order valence-electron chi connectivity index (χ4n) is 2.32. The molecule has 0 aliphatic heterocycles. The molecule has 20 heavy (non-hydrogen) atoms. The molecule has 1 N–H and O–H groups in total. The Labute approximate surface area is 132 Å². The molecule has 0 aromatic heterocycles. The first kappa shape index (κ1) is 15.5. The van der Waals surface area contributed by atoms with E-state index in [2.05, 4.69) is 21.2 Å². The van der Waals surface area contributed by atoms with Crippen molar-refractivity contribution in [2.45, 2.75) is 12.3 Å². The van der Waals surface area contributed by atoms with Gasteiger partial charge < -0.3 is 5.32 Å². The predicted molar refractivity (Wildman–Crippen MR) is 85.9 cm³/mol. The lowest BCUT2D eigenvalue weighted by Crippen LogP contribution is -2.19. The first-order chi connectivity index (χ1) is 9.63. The van der Waals surface area contributed by atoms with Crippen molar-refractivity contribution in [3.63, 3.8) is 0 Å². The third-order valence-corrected chi connectivity index (χ3v) is 4.53. The van der Waals surface area contributed by atoms with E-state index in [-0.39, 0.29) is 11.7 Å². The zero-order valence-corrected chi connectivity index (χ0v) is 13.5. The van der Waals surface area contributed by atoms with Crippen LogP contribution in [0.4, 0.5) is 4.39 Å². The Hall–Kier alpha value is -0.900. The Kier molecular flexibility index (Phi) is 5.58. The van der Waals surface area contributed by atoms with Gasteiger partial charge >= 0.3 is 0 Å². The smallest absolute Gasteiger partial charge is 0.137 e. The van der Waals surface area contributed by atoms with Crippen LogP contribution in [-0.4, -0.2) is 13.6 Å². The Balaban J connectivity index is 2.31. The summed E-state index contributed by atoms with van der Waals surface area (Å²) in [4.78, 5) is 0. The highest BCUT2D eigenvalue weighted by Gasteiger charge is 2.17. The highest BCUT2D eigenvalue weighted by Crippen LogP contribution is 2.30. The SMILES string of the molecule is CNCC(Cc1cccc(F)c1Br)c1ccccc1Cl. The first-order valence-corrected chi connectivity index (χ1v) is 7.62. The summed E-state index contributed by atoms with van der Waals surface area (Å²) in [6, 6.07) is 12.9. The van der Waals surface area contributed by atoms with Gasteiger partial charge in [0.25, 0.3) is 0 Å². The Morgan fingerprint density at radius 2 is 1.95 bits per heavy atom. The van der Waals surface area contributed by atoms with Gasteiger partial charge in [-0.2, -0.15) is 0 Å². The molecule has 2 aromatic rings. The molecule has 1 unspecified atom stereocenters. The molecule has 1 nitrogen and oxygen atoms in total. The van der Waals surface area contributed by atoms with Gasteiger partial charge in [-0.05, 0) is 52.7 Å². The van der Waals surface area contributed by atoms with Crippen molar-refractivity contribution in [2.24, 2.45) is 0 Å². The number of hydrogen-bond donors (Lipinski definition) is 1. The molecular weight excluding hydrogens is 341 g/mol. The molecule has 0 aliphatic carbocycles. The summed E-state index contributed by atoms with van der Waals surface area (Å²) in [5, 5.41) is 3.93. The molecule has 0 saturated heterocycles. The second-order valence-electron chi connectivity index (χ2n) is 4.69. The first-order valence-electron chi connectivity index (χ1n) is 6.45. The van der Waals surface area contributed by atoms with Crippen LogP contribution in [-0.2, 0) is 6.42 Å². The number of nitrogens with one attached hydrogen (secondary N) is 1. The molecular formula is C16H16BrClFN. The minimum absolute atomic E-state index is 0.201. The largest absolute Gasteiger partial charge is 0.319 e. The number of halogens is 3. The van der Waals surface area contributed by atoms with Crippen LogP contribution in [0, 0.1) is 5.82 Å². The minimum atomic E-state index is -0.232. The number of likely N-dealkylation sites (N-methyl/N-ethyl adjacent to an activating group) is 1. The van der Waals surface area contributed by atoms with E-state index in [1.807, 2.05) is 37.4 Å². The summed E-state index contributed by atoms with van der Waals surface area (Å²) < 4.78 is 14.1. The van der Waals surface area contributed by atoms with Crippen molar-refractivity contribution in [3.05, 3.63) is 68.9 Å². The molecule has 106 valence electrons. The lowest BCUT2D eigenvalue weighted by atomic mass is 9.92. The van der Waals surface area contributed by atoms with Gasteiger partial charge in [-0.15, -0.1) is 0 Å². The van der Waals surface area contributed by atoms with Crippen LogP contribution < -0.4 is 5.32 Å². The number of benzene rings is 2. The van der Waals surface area contributed by atoms with Crippen LogP contribution in [0.1, 0.15) is 17.0 Å². The second kappa shape index (κ2) is 7.21. The van der Waals surface area contributed by atoms with E-state index in [4.69, 9.17) is 11.6 Å². The maximum Gasteiger partial charge on any atom is 0.137 e. The molecule has 0 fully saturated rings. The van der Waals surface area contributed by atoms with Crippen molar-refractivity contribution < 1.29 is 4.39 Å². The lowest BCUT2D eigenvalue weighted by molar-refractivity contribution is 0.602. The van der Waals surface area contributed by atoms with Crippen LogP contribution in [0.2, 0.25) is 5.02 Å². The van der Waals surface area contributed by atoms with Gasteiger partial charge in [0.2, 0.25) is 0 Å². The van der Waals surface area contributed by atoms with Gasteiger partial charge in [-0.25, -0.2) is 4.39 Å². The molecule has 0 radical (unpaired) electrons. The third-order valence-electron chi connectivity index (χ3n) is 3.29. The Bertz CT molecular complexity index is 588. The van der Waals surface area contributed by atoms with Crippen molar-refractivity contribution in [2.75, 3.05) is 13.6 Å². The monoisotopic (exact) mass is 355 g/mol. The molecule has 0 spiro atoms. The van der Waals surface area contributed by atoms with E-state index >= 15 is 0 Å². The van der Waals surface area contributed by atoms with Crippen LogP contribution in [0.15, 0.2) is 46.9 Å². The van der Waals surface area contributed by atoms with Crippen LogP contribution in [0.3, 0.4) is 0 Å². The van der Waals surface area contributed by atoms with E-state index in [0.717, 1.165) is 29.1 Å². The van der Waals surface area contributed by atoms with Crippen molar-refractivity contribution in [3.8, 4) is 0 Å². The standard InChI is InChI=1S/C16H16BrClFN/c1-20-10-12(13-6-2-3-7-14(13)18)9-11-5-4-8-15(19)16(11)17/h2-8,12,20H,9-10H2,1H3. The maximum atomic E-state index is 13.6. The minimum Gasteiger partial charge on any atom is -0.319 e. The predicted octanol–water partition coefficient (Wildman–Crippen LogP) is 4.79. The van der Waals surface area contributed by atoms with Gasteiger partial charge in [-0.3, -0.25) is 0 Å². The Morgan fingerprint density at radius 1 is 1.20 bits per heavy atom. The molecule has 0 amide bonds. The summed E-state index contributed by atoms with van der Waals surface area (Å²) >= 11 is 9.60. The zero-order valence-electron chi connectivity index (χ0n) is 11.2. The van der Waals surface area contributed by atoms with E-state index in [1.54, 1.807) is 6.07 Å². The fraction of sp³-hybridized carbons (Fsp3) is 0.250. The second-order valence-corrected chi connectivity index (χ2v) is 5.89.